The summed E-state index contributed by atoms with van der Waals surface area (Å²) in [5, 5.41) is 2.73. The van der Waals surface area contributed by atoms with Crippen molar-refractivity contribution in [1.82, 2.24) is 9.21 Å². The van der Waals surface area contributed by atoms with Crippen LogP contribution >= 0.6 is 0 Å². The molecule has 3 heterocycles. The minimum Gasteiger partial charge on any atom is -0.479 e. The van der Waals surface area contributed by atoms with Crippen LogP contribution in [0, 0.1) is 12.8 Å². The standard InChI is InChI=1S/C22H27N3O6S/c1-14-11-18-19(31-15(2)21(26)23-18)12-20(14)32(28,29)25-8-6-16(7-9-25)22(27)24(3)13-17-5-4-10-30-17/h4-5,10-12,15-16H,6-9,13H2,1-3H3,(H,23,26)/t15-/m1/s1. The van der Waals surface area contributed by atoms with E-state index in [1.54, 1.807) is 44.2 Å². The average Bonchev–Trinajstić information content (AvgIpc) is 3.27. The highest BCUT2D eigenvalue weighted by Gasteiger charge is 2.35. The molecule has 0 saturated carbocycles. The lowest BCUT2D eigenvalue weighted by molar-refractivity contribution is -0.136. The van der Waals surface area contributed by atoms with E-state index in [2.05, 4.69) is 5.32 Å². The highest BCUT2D eigenvalue weighted by atomic mass is 32.2. The number of nitrogens with one attached hydrogen (secondary N) is 1. The number of carbonyl (C=O) groups excluding carboxylic acids is 2. The second-order valence-electron chi connectivity index (χ2n) is 8.32. The Balaban J connectivity index is 1.45. The van der Waals surface area contributed by atoms with Crippen molar-refractivity contribution in [3.8, 4) is 5.75 Å². The topological polar surface area (TPSA) is 109 Å². The molecule has 172 valence electrons. The van der Waals surface area contributed by atoms with Gasteiger partial charge in [0.2, 0.25) is 15.9 Å². The molecule has 1 aromatic heterocycles. The third-order valence-corrected chi connectivity index (χ3v) is 8.02. The third-order valence-electron chi connectivity index (χ3n) is 5.98. The summed E-state index contributed by atoms with van der Waals surface area (Å²) in [6.45, 7) is 4.21. The summed E-state index contributed by atoms with van der Waals surface area (Å²) in [6, 6.07) is 6.69. The molecule has 2 aliphatic heterocycles. The first-order chi connectivity index (χ1) is 15.2. The number of ether oxygens (including phenoxy) is 1. The third kappa shape index (κ3) is 4.24. The molecule has 0 unspecified atom stereocenters. The van der Waals surface area contributed by atoms with E-state index in [0.29, 0.717) is 42.1 Å². The van der Waals surface area contributed by atoms with Crippen LogP contribution in [0.25, 0.3) is 0 Å². The molecule has 0 radical (unpaired) electrons. The van der Waals surface area contributed by atoms with E-state index in [1.807, 2.05) is 6.07 Å². The molecule has 4 rings (SSSR count). The van der Waals surface area contributed by atoms with E-state index in [4.69, 9.17) is 9.15 Å². The fourth-order valence-corrected chi connectivity index (χ4v) is 5.82. The van der Waals surface area contributed by atoms with Crippen molar-refractivity contribution in [1.29, 1.82) is 0 Å². The van der Waals surface area contributed by atoms with Gasteiger partial charge in [-0.15, -0.1) is 0 Å². The van der Waals surface area contributed by atoms with Gasteiger partial charge in [0.15, 0.2) is 6.10 Å². The molecule has 1 atom stereocenters. The van der Waals surface area contributed by atoms with Gasteiger partial charge in [0.1, 0.15) is 11.5 Å². The monoisotopic (exact) mass is 461 g/mol. The Labute approximate surface area is 187 Å². The number of anilines is 1. The molecule has 1 fully saturated rings. The van der Waals surface area contributed by atoms with Crippen molar-refractivity contribution in [3.63, 3.8) is 0 Å². The van der Waals surface area contributed by atoms with Gasteiger partial charge in [-0.2, -0.15) is 4.31 Å². The minimum absolute atomic E-state index is 0.0125. The van der Waals surface area contributed by atoms with Gasteiger partial charge >= 0.3 is 0 Å². The molecule has 1 N–H and O–H groups in total. The van der Waals surface area contributed by atoms with Crippen LogP contribution in [-0.4, -0.2) is 55.7 Å². The molecule has 2 aliphatic rings. The SMILES string of the molecule is Cc1cc2c(cc1S(=O)(=O)N1CCC(C(=O)N(C)Cc3ccco3)CC1)O[C@H](C)C(=O)N2. The number of hydrogen-bond donors (Lipinski definition) is 1. The molecule has 0 bridgehead atoms. The highest BCUT2D eigenvalue weighted by molar-refractivity contribution is 7.89. The normalized spacial score (nSPS) is 19.7. The molecule has 1 saturated heterocycles. The van der Waals surface area contributed by atoms with Crippen LogP contribution in [0.4, 0.5) is 5.69 Å². The van der Waals surface area contributed by atoms with Crippen LogP contribution in [0.5, 0.6) is 5.75 Å². The van der Waals surface area contributed by atoms with E-state index in [9.17, 15) is 18.0 Å². The van der Waals surface area contributed by atoms with Gasteiger partial charge < -0.3 is 19.4 Å². The van der Waals surface area contributed by atoms with Gasteiger partial charge in [-0.1, -0.05) is 0 Å². The summed E-state index contributed by atoms with van der Waals surface area (Å²) in [5.74, 6) is 0.533. The zero-order valence-corrected chi connectivity index (χ0v) is 19.1. The minimum atomic E-state index is -3.77. The van der Waals surface area contributed by atoms with E-state index >= 15 is 0 Å². The molecule has 1 aromatic carbocycles. The number of hydrogen-bond acceptors (Lipinski definition) is 6. The first-order valence-corrected chi connectivity index (χ1v) is 12.0. The molecule has 0 spiro atoms. The molecule has 2 aromatic rings. The van der Waals surface area contributed by atoms with Crippen molar-refractivity contribution >= 4 is 27.5 Å². The number of fused-ring (bicyclic) bond motifs is 1. The van der Waals surface area contributed by atoms with Gasteiger partial charge in [-0.25, -0.2) is 8.42 Å². The first kappa shape index (κ1) is 22.3. The van der Waals surface area contributed by atoms with Gasteiger partial charge in [0.25, 0.3) is 5.91 Å². The van der Waals surface area contributed by atoms with E-state index in [1.165, 1.54) is 10.4 Å². The fraction of sp³-hybridized carbons (Fsp3) is 0.455. The van der Waals surface area contributed by atoms with Crippen LogP contribution < -0.4 is 10.1 Å². The summed E-state index contributed by atoms with van der Waals surface area (Å²) in [6.07, 6.45) is 1.78. The quantitative estimate of drug-likeness (QED) is 0.732. The van der Waals surface area contributed by atoms with E-state index in [0.717, 1.165) is 0 Å². The van der Waals surface area contributed by atoms with Gasteiger partial charge in [0.05, 0.1) is 23.4 Å². The predicted molar refractivity (Wildman–Crippen MR) is 117 cm³/mol. The molecule has 2 amide bonds. The maximum absolute atomic E-state index is 13.3. The number of aryl methyl sites for hydroxylation is 1. The number of benzene rings is 1. The zero-order valence-electron chi connectivity index (χ0n) is 18.3. The summed E-state index contributed by atoms with van der Waals surface area (Å²) in [4.78, 5) is 26.4. The summed E-state index contributed by atoms with van der Waals surface area (Å²) >= 11 is 0. The van der Waals surface area contributed by atoms with E-state index in [-0.39, 0.29) is 35.7 Å². The number of sulfonamides is 1. The summed E-state index contributed by atoms with van der Waals surface area (Å²) in [7, 11) is -2.04. The second-order valence-corrected chi connectivity index (χ2v) is 10.2. The fourth-order valence-electron chi connectivity index (χ4n) is 4.13. The van der Waals surface area contributed by atoms with Crippen LogP contribution in [0.2, 0.25) is 0 Å². The second kappa shape index (κ2) is 8.59. The predicted octanol–water partition coefficient (Wildman–Crippen LogP) is 2.37. The van der Waals surface area contributed by atoms with Crippen molar-refractivity contribution in [3.05, 3.63) is 41.9 Å². The Morgan fingerprint density at radius 2 is 2.00 bits per heavy atom. The maximum atomic E-state index is 13.3. The number of nitrogens with zero attached hydrogens (tertiary/aromatic N) is 2. The Kier molecular flexibility index (Phi) is 6.00. The summed E-state index contributed by atoms with van der Waals surface area (Å²) in [5.41, 5.74) is 0.993. The zero-order chi connectivity index (χ0) is 23.0. The Morgan fingerprint density at radius 3 is 2.66 bits per heavy atom. The maximum Gasteiger partial charge on any atom is 0.265 e. The van der Waals surface area contributed by atoms with E-state index < -0.39 is 16.1 Å². The number of amides is 2. The molecule has 32 heavy (non-hydrogen) atoms. The van der Waals surface area contributed by atoms with Gasteiger partial charge in [-0.05, 0) is 50.5 Å². The molecular weight excluding hydrogens is 434 g/mol. The Bertz CT molecular complexity index is 1120. The van der Waals surface area contributed by atoms with Crippen molar-refractivity contribution in [2.45, 2.75) is 44.2 Å². The average molecular weight is 462 g/mol. The lowest BCUT2D eigenvalue weighted by Crippen LogP contribution is -2.43. The van der Waals surface area contributed by atoms with Crippen molar-refractivity contribution in [2.24, 2.45) is 5.92 Å². The van der Waals surface area contributed by atoms with Gasteiger partial charge in [-0.3, -0.25) is 9.59 Å². The highest BCUT2D eigenvalue weighted by Crippen LogP contribution is 2.36. The van der Waals surface area contributed by atoms with Crippen LogP contribution in [-0.2, 0) is 26.2 Å². The molecule has 9 nitrogen and oxygen atoms in total. The first-order valence-electron chi connectivity index (χ1n) is 10.6. The van der Waals surface area contributed by atoms with Crippen LogP contribution in [0.1, 0.15) is 31.1 Å². The smallest absolute Gasteiger partial charge is 0.265 e. The molecule has 10 heteroatoms. The van der Waals surface area contributed by atoms with Crippen molar-refractivity contribution < 1.29 is 27.2 Å². The van der Waals surface area contributed by atoms with Crippen LogP contribution in [0.15, 0.2) is 39.8 Å². The lowest BCUT2D eigenvalue weighted by Gasteiger charge is -2.33. The number of rotatable bonds is 5. The van der Waals surface area contributed by atoms with Crippen LogP contribution in [0.3, 0.4) is 0 Å². The number of carbonyl (C=O) groups is 2. The van der Waals surface area contributed by atoms with Gasteiger partial charge in [0, 0.05) is 32.1 Å². The summed E-state index contributed by atoms with van der Waals surface area (Å²) < 4.78 is 39.0. The van der Waals surface area contributed by atoms with Crippen molar-refractivity contribution in [2.75, 3.05) is 25.5 Å². The Morgan fingerprint density at radius 1 is 1.28 bits per heavy atom. The molecular formula is C22H27N3O6S. The number of piperidine rings is 1. The number of furan rings is 1. The largest absolute Gasteiger partial charge is 0.479 e. The molecule has 0 aliphatic carbocycles. The Hall–Kier alpha value is -2.85. The lowest BCUT2D eigenvalue weighted by atomic mass is 9.96.